The van der Waals surface area contributed by atoms with Gasteiger partial charge in [-0.05, 0) is 6.08 Å². The van der Waals surface area contributed by atoms with Crippen molar-refractivity contribution in [3.8, 4) is 0 Å². The Bertz CT molecular complexity index is 170. The molecule has 0 fully saturated rings. The summed E-state index contributed by atoms with van der Waals surface area (Å²) in [5.41, 5.74) is 4.37. The lowest BCUT2D eigenvalue weighted by molar-refractivity contribution is 0.563. The maximum Gasteiger partial charge on any atom is 0.181 e. The van der Waals surface area contributed by atoms with Gasteiger partial charge in [0.1, 0.15) is 0 Å². The van der Waals surface area contributed by atoms with Gasteiger partial charge in [-0.2, -0.15) is 0 Å². The molecule has 0 aliphatic carbocycles. The molecule has 0 aromatic rings. The first-order chi connectivity index (χ1) is 4.09. The predicted octanol–water partition coefficient (Wildman–Crippen LogP) is 1.80. The standard InChI is InChI=1S/C6H7F2N/c1-3-5(7)6(8)4(2)9/h3H,1-2,9H2/b6-5-. The molecule has 1 nitrogen and oxygen atoms in total. The van der Waals surface area contributed by atoms with Crippen LogP contribution in [0.2, 0.25) is 0 Å². The fourth-order valence-corrected chi connectivity index (χ4v) is 0.243. The minimum atomic E-state index is -1.15. The van der Waals surface area contributed by atoms with Gasteiger partial charge in [-0.15, -0.1) is 0 Å². The molecule has 0 saturated carbocycles. The molecule has 0 amide bonds. The molecule has 0 saturated heterocycles. The van der Waals surface area contributed by atoms with Gasteiger partial charge in [0.15, 0.2) is 11.7 Å². The molecule has 9 heavy (non-hydrogen) atoms. The van der Waals surface area contributed by atoms with Crippen LogP contribution in [0, 0.1) is 0 Å². The fraction of sp³-hybridized carbons (Fsp3) is 0. The molecule has 0 aliphatic rings. The molecule has 0 aliphatic heterocycles. The lowest BCUT2D eigenvalue weighted by Gasteiger charge is -1.92. The zero-order chi connectivity index (χ0) is 7.44. The minimum Gasteiger partial charge on any atom is -0.397 e. The zero-order valence-electron chi connectivity index (χ0n) is 4.82. The number of rotatable bonds is 2. The predicted molar refractivity (Wildman–Crippen MR) is 32.8 cm³/mol. The number of hydrogen-bond donors (Lipinski definition) is 1. The van der Waals surface area contributed by atoms with E-state index in [1.807, 2.05) is 0 Å². The maximum atomic E-state index is 12.1. The van der Waals surface area contributed by atoms with Crippen molar-refractivity contribution in [2.24, 2.45) is 5.73 Å². The summed E-state index contributed by atoms with van der Waals surface area (Å²) in [6.07, 6.45) is 0.730. The van der Waals surface area contributed by atoms with Crippen molar-refractivity contribution in [2.45, 2.75) is 0 Å². The molecular weight excluding hydrogens is 124 g/mol. The highest BCUT2D eigenvalue weighted by molar-refractivity contribution is 5.26. The highest BCUT2D eigenvalue weighted by Crippen LogP contribution is 2.12. The van der Waals surface area contributed by atoms with E-state index in [4.69, 9.17) is 5.73 Å². The molecule has 0 unspecified atom stereocenters. The molecule has 0 heterocycles. The van der Waals surface area contributed by atoms with Crippen LogP contribution in [0.15, 0.2) is 36.6 Å². The SMILES string of the molecule is C=C/C(F)=C(/F)C(=C)N. The van der Waals surface area contributed by atoms with Crippen LogP contribution in [0.5, 0.6) is 0 Å². The highest BCUT2D eigenvalue weighted by Gasteiger charge is 2.01. The van der Waals surface area contributed by atoms with E-state index < -0.39 is 17.4 Å². The largest absolute Gasteiger partial charge is 0.397 e. The van der Waals surface area contributed by atoms with Crippen molar-refractivity contribution in [2.75, 3.05) is 0 Å². The summed E-state index contributed by atoms with van der Waals surface area (Å²) in [6.45, 7) is 5.98. The molecule has 0 bridgehead atoms. The minimum absolute atomic E-state index is 0.424. The van der Waals surface area contributed by atoms with Gasteiger partial charge in [0.2, 0.25) is 0 Å². The molecule has 0 rings (SSSR count). The Morgan fingerprint density at radius 2 is 1.89 bits per heavy atom. The Labute approximate surface area is 52.2 Å². The van der Waals surface area contributed by atoms with Crippen LogP contribution in [-0.4, -0.2) is 0 Å². The monoisotopic (exact) mass is 131 g/mol. The quantitative estimate of drug-likeness (QED) is 0.568. The highest BCUT2D eigenvalue weighted by atomic mass is 19.2. The van der Waals surface area contributed by atoms with E-state index in [0.29, 0.717) is 0 Å². The Morgan fingerprint density at radius 3 is 2.00 bits per heavy atom. The van der Waals surface area contributed by atoms with Gasteiger partial charge in [0.25, 0.3) is 0 Å². The van der Waals surface area contributed by atoms with Crippen molar-refractivity contribution >= 4 is 0 Å². The van der Waals surface area contributed by atoms with E-state index in [-0.39, 0.29) is 0 Å². The summed E-state index contributed by atoms with van der Waals surface area (Å²) in [4.78, 5) is 0. The second kappa shape index (κ2) is 3.02. The molecule has 2 N–H and O–H groups in total. The van der Waals surface area contributed by atoms with Crippen LogP contribution >= 0.6 is 0 Å². The van der Waals surface area contributed by atoms with Gasteiger partial charge in [0, 0.05) is 0 Å². The zero-order valence-corrected chi connectivity index (χ0v) is 4.82. The third-order valence-corrected chi connectivity index (χ3v) is 0.671. The average molecular weight is 131 g/mol. The van der Waals surface area contributed by atoms with Crippen molar-refractivity contribution in [1.82, 2.24) is 0 Å². The van der Waals surface area contributed by atoms with Crippen molar-refractivity contribution in [1.29, 1.82) is 0 Å². The lowest BCUT2D eigenvalue weighted by atomic mass is 10.4. The molecule has 0 aromatic heterocycles. The Kier molecular flexibility index (Phi) is 2.64. The van der Waals surface area contributed by atoms with Crippen LogP contribution in [-0.2, 0) is 0 Å². The molecule has 0 aromatic carbocycles. The first-order valence-electron chi connectivity index (χ1n) is 2.22. The number of halogens is 2. The first kappa shape index (κ1) is 7.88. The third-order valence-electron chi connectivity index (χ3n) is 0.671. The maximum absolute atomic E-state index is 12.1. The second-order valence-corrected chi connectivity index (χ2v) is 1.39. The van der Waals surface area contributed by atoms with E-state index in [9.17, 15) is 8.78 Å². The summed E-state index contributed by atoms with van der Waals surface area (Å²) in [7, 11) is 0. The van der Waals surface area contributed by atoms with Gasteiger partial charge in [-0.3, -0.25) is 0 Å². The Balaban J connectivity index is 4.47. The summed E-state index contributed by atoms with van der Waals surface area (Å²) >= 11 is 0. The average Bonchev–Trinajstić information content (AvgIpc) is 1.84. The van der Waals surface area contributed by atoms with E-state index in [1.54, 1.807) is 0 Å². The van der Waals surface area contributed by atoms with Gasteiger partial charge < -0.3 is 5.73 Å². The van der Waals surface area contributed by atoms with Crippen molar-refractivity contribution in [3.05, 3.63) is 36.6 Å². The van der Waals surface area contributed by atoms with E-state index in [1.165, 1.54) is 0 Å². The second-order valence-electron chi connectivity index (χ2n) is 1.39. The van der Waals surface area contributed by atoms with Gasteiger partial charge in [0.05, 0.1) is 5.70 Å². The number of allylic oxidation sites excluding steroid dienone is 3. The molecule has 0 atom stereocenters. The topological polar surface area (TPSA) is 26.0 Å². The van der Waals surface area contributed by atoms with E-state index >= 15 is 0 Å². The van der Waals surface area contributed by atoms with E-state index in [0.717, 1.165) is 6.08 Å². The number of nitrogens with two attached hydrogens (primary N) is 1. The van der Waals surface area contributed by atoms with E-state index in [2.05, 4.69) is 13.2 Å². The van der Waals surface area contributed by atoms with Crippen LogP contribution in [0.4, 0.5) is 8.78 Å². The third kappa shape index (κ3) is 2.08. The lowest BCUT2D eigenvalue weighted by Crippen LogP contribution is -1.95. The van der Waals surface area contributed by atoms with Crippen molar-refractivity contribution < 1.29 is 8.78 Å². The number of hydrogen-bond acceptors (Lipinski definition) is 1. The van der Waals surface area contributed by atoms with Crippen LogP contribution in [0.25, 0.3) is 0 Å². The molecule has 0 spiro atoms. The van der Waals surface area contributed by atoms with Gasteiger partial charge >= 0.3 is 0 Å². The normalized spacial score (nSPS) is 12.2. The van der Waals surface area contributed by atoms with Gasteiger partial charge in [-0.1, -0.05) is 13.2 Å². The fourth-order valence-electron chi connectivity index (χ4n) is 0.243. The van der Waals surface area contributed by atoms with Crippen LogP contribution in [0.3, 0.4) is 0 Å². The van der Waals surface area contributed by atoms with Crippen LogP contribution < -0.4 is 5.73 Å². The first-order valence-corrected chi connectivity index (χ1v) is 2.22. The van der Waals surface area contributed by atoms with Gasteiger partial charge in [-0.25, -0.2) is 8.78 Å². The summed E-state index contributed by atoms with van der Waals surface area (Å²) < 4.78 is 24.2. The smallest absolute Gasteiger partial charge is 0.181 e. The Hall–Kier alpha value is -1.12. The summed E-state index contributed by atoms with van der Waals surface area (Å²) in [5.74, 6) is -2.23. The summed E-state index contributed by atoms with van der Waals surface area (Å²) in [5, 5.41) is 0. The molecule has 0 radical (unpaired) electrons. The Morgan fingerprint density at radius 1 is 1.44 bits per heavy atom. The molecule has 50 valence electrons. The molecular formula is C6H7F2N. The van der Waals surface area contributed by atoms with Crippen LogP contribution in [0.1, 0.15) is 0 Å². The summed E-state index contributed by atoms with van der Waals surface area (Å²) in [6, 6.07) is 0. The van der Waals surface area contributed by atoms with Crippen molar-refractivity contribution in [3.63, 3.8) is 0 Å². The molecule has 3 heteroatoms.